The fraction of sp³-hybridized carbons (Fsp3) is 0.786. The number of ether oxygens (including phenoxy) is 2. The molecule has 20 heavy (non-hydrogen) atoms. The van der Waals surface area contributed by atoms with Crippen LogP contribution in [0.3, 0.4) is 0 Å². The molecule has 0 atom stereocenters. The van der Waals surface area contributed by atoms with Crippen LogP contribution in [-0.2, 0) is 9.47 Å². The van der Waals surface area contributed by atoms with Crippen LogP contribution in [0.1, 0.15) is 51.4 Å². The molecule has 118 valence electrons. The predicted molar refractivity (Wildman–Crippen MR) is 84.7 cm³/mol. The van der Waals surface area contributed by atoms with Crippen molar-refractivity contribution in [1.82, 2.24) is 0 Å². The first kappa shape index (κ1) is 19.9. The Morgan fingerprint density at radius 1 is 0.950 bits per heavy atom. The van der Waals surface area contributed by atoms with Crippen molar-refractivity contribution in [3.63, 3.8) is 0 Å². The molecule has 0 aliphatic carbocycles. The van der Waals surface area contributed by atoms with E-state index in [2.05, 4.69) is 11.3 Å². The number of hydrogen-bond donors (Lipinski definition) is 0. The van der Waals surface area contributed by atoms with E-state index >= 15 is 0 Å². The molecule has 0 aromatic rings. The van der Waals surface area contributed by atoms with E-state index < -0.39 is 9.95 Å². The monoisotopic (exact) mass is 344 g/mol. The first-order valence-corrected chi connectivity index (χ1v) is 8.06. The van der Waals surface area contributed by atoms with Gasteiger partial charge in [-0.1, -0.05) is 73.0 Å². The van der Waals surface area contributed by atoms with E-state index in [1.165, 1.54) is 25.7 Å². The lowest BCUT2D eigenvalue weighted by atomic mass is 10.1. The summed E-state index contributed by atoms with van der Waals surface area (Å²) in [4.78, 5) is 11.1. The standard InChI is InChI=1S/C14H23Cl3O3/c1-2-3-4-5-6-7-8-9-10-11-19-13(18)20-12-14(15,16)17/h2H,1,3-12H2. The molecule has 0 aromatic carbocycles. The molecule has 0 amide bonds. The summed E-state index contributed by atoms with van der Waals surface area (Å²) in [5.74, 6) is 0. The molecule has 0 aliphatic heterocycles. The zero-order chi connectivity index (χ0) is 15.3. The number of unbranched alkanes of at least 4 members (excludes halogenated alkanes) is 7. The van der Waals surface area contributed by atoms with Crippen LogP contribution in [0.15, 0.2) is 12.7 Å². The minimum Gasteiger partial charge on any atom is -0.434 e. The molecule has 0 saturated heterocycles. The Bertz CT molecular complexity index is 265. The largest absolute Gasteiger partial charge is 0.508 e. The van der Waals surface area contributed by atoms with Crippen molar-refractivity contribution in [3.05, 3.63) is 12.7 Å². The Morgan fingerprint density at radius 3 is 2.05 bits per heavy atom. The smallest absolute Gasteiger partial charge is 0.434 e. The molecule has 6 heteroatoms. The number of allylic oxidation sites excluding steroid dienone is 1. The third-order valence-corrected chi connectivity index (χ3v) is 2.95. The van der Waals surface area contributed by atoms with Gasteiger partial charge in [0.05, 0.1) is 6.61 Å². The summed E-state index contributed by atoms with van der Waals surface area (Å²) in [6.45, 7) is 3.73. The molecule has 0 fully saturated rings. The van der Waals surface area contributed by atoms with Gasteiger partial charge in [-0.15, -0.1) is 6.58 Å². The minimum absolute atomic E-state index is 0.304. The fourth-order valence-electron chi connectivity index (χ4n) is 1.61. The zero-order valence-corrected chi connectivity index (χ0v) is 14.0. The maximum atomic E-state index is 11.1. The fourth-order valence-corrected chi connectivity index (χ4v) is 1.78. The lowest BCUT2D eigenvalue weighted by Gasteiger charge is -2.11. The second-order valence-electron chi connectivity index (χ2n) is 4.55. The maximum Gasteiger partial charge on any atom is 0.508 e. The van der Waals surface area contributed by atoms with Crippen molar-refractivity contribution >= 4 is 41.0 Å². The Hall–Kier alpha value is -0.120. The SMILES string of the molecule is C=CCCCCCCCCCOC(=O)OCC(Cl)(Cl)Cl. The summed E-state index contributed by atoms with van der Waals surface area (Å²) in [5.41, 5.74) is 0. The summed E-state index contributed by atoms with van der Waals surface area (Å²) in [5, 5.41) is 0. The molecule has 0 radical (unpaired) electrons. The van der Waals surface area contributed by atoms with Gasteiger partial charge in [0.25, 0.3) is 0 Å². The molecule has 0 N–H and O–H groups in total. The van der Waals surface area contributed by atoms with Gasteiger partial charge >= 0.3 is 6.16 Å². The lowest BCUT2D eigenvalue weighted by Crippen LogP contribution is -2.18. The highest BCUT2D eigenvalue weighted by molar-refractivity contribution is 6.67. The molecule has 0 spiro atoms. The molecule has 0 bridgehead atoms. The second-order valence-corrected chi connectivity index (χ2v) is 7.07. The van der Waals surface area contributed by atoms with Crippen molar-refractivity contribution in [3.8, 4) is 0 Å². The summed E-state index contributed by atoms with van der Waals surface area (Å²) < 4.78 is 7.88. The topological polar surface area (TPSA) is 35.5 Å². The Balaban J connectivity index is 3.23. The van der Waals surface area contributed by atoms with E-state index in [4.69, 9.17) is 39.5 Å². The highest BCUT2D eigenvalue weighted by Gasteiger charge is 2.22. The molecule has 3 nitrogen and oxygen atoms in total. The molecule has 0 aromatic heterocycles. The van der Waals surface area contributed by atoms with Gasteiger partial charge in [0.2, 0.25) is 3.79 Å². The molecular weight excluding hydrogens is 323 g/mol. The summed E-state index contributed by atoms with van der Waals surface area (Å²) in [6.07, 6.45) is 10.2. The Labute approximate surface area is 136 Å². The highest BCUT2D eigenvalue weighted by atomic mass is 35.6. The van der Waals surface area contributed by atoms with Gasteiger partial charge in [-0.3, -0.25) is 0 Å². The third-order valence-electron chi connectivity index (χ3n) is 2.63. The second kappa shape index (κ2) is 12.6. The van der Waals surface area contributed by atoms with Crippen LogP contribution in [0.4, 0.5) is 4.79 Å². The molecule has 0 heterocycles. The number of rotatable bonds is 11. The highest BCUT2D eigenvalue weighted by Crippen LogP contribution is 2.26. The molecule has 0 rings (SSSR count). The van der Waals surface area contributed by atoms with Crippen molar-refractivity contribution in [2.75, 3.05) is 13.2 Å². The first-order chi connectivity index (χ1) is 9.45. The number of hydrogen-bond acceptors (Lipinski definition) is 3. The van der Waals surface area contributed by atoms with Crippen molar-refractivity contribution in [1.29, 1.82) is 0 Å². The van der Waals surface area contributed by atoms with Crippen LogP contribution in [0.2, 0.25) is 0 Å². The van der Waals surface area contributed by atoms with Gasteiger partial charge in [0.15, 0.2) is 0 Å². The zero-order valence-electron chi connectivity index (χ0n) is 11.7. The van der Waals surface area contributed by atoms with Crippen molar-refractivity contribution < 1.29 is 14.3 Å². The van der Waals surface area contributed by atoms with Gasteiger partial charge in [-0.2, -0.15) is 0 Å². The van der Waals surface area contributed by atoms with Crippen LogP contribution in [-0.4, -0.2) is 23.2 Å². The van der Waals surface area contributed by atoms with Crippen LogP contribution in [0, 0.1) is 0 Å². The van der Waals surface area contributed by atoms with Gasteiger partial charge in [0, 0.05) is 0 Å². The quantitative estimate of drug-likeness (QED) is 0.205. The van der Waals surface area contributed by atoms with Crippen LogP contribution in [0.25, 0.3) is 0 Å². The van der Waals surface area contributed by atoms with Gasteiger partial charge < -0.3 is 9.47 Å². The van der Waals surface area contributed by atoms with Crippen LogP contribution < -0.4 is 0 Å². The van der Waals surface area contributed by atoms with E-state index in [9.17, 15) is 4.79 Å². The molecule has 0 unspecified atom stereocenters. The number of alkyl halides is 3. The van der Waals surface area contributed by atoms with E-state index in [1.807, 2.05) is 6.08 Å². The van der Waals surface area contributed by atoms with E-state index in [-0.39, 0.29) is 6.61 Å². The van der Waals surface area contributed by atoms with E-state index in [0.29, 0.717) is 6.61 Å². The van der Waals surface area contributed by atoms with Gasteiger partial charge in [-0.25, -0.2) is 4.79 Å². The van der Waals surface area contributed by atoms with Crippen molar-refractivity contribution in [2.45, 2.75) is 55.2 Å². The lowest BCUT2D eigenvalue weighted by molar-refractivity contribution is 0.0554. The Morgan fingerprint density at radius 2 is 1.50 bits per heavy atom. The van der Waals surface area contributed by atoms with Crippen molar-refractivity contribution in [2.24, 2.45) is 0 Å². The number of halogens is 3. The average molecular weight is 346 g/mol. The summed E-state index contributed by atoms with van der Waals surface area (Å²) >= 11 is 16.3. The Kier molecular flexibility index (Phi) is 12.5. The molecular formula is C14H23Cl3O3. The number of carbonyl (C=O) groups is 1. The summed E-state index contributed by atoms with van der Waals surface area (Å²) in [6, 6.07) is 0. The summed E-state index contributed by atoms with van der Waals surface area (Å²) in [7, 11) is 0. The molecule has 0 saturated carbocycles. The van der Waals surface area contributed by atoms with E-state index in [0.717, 1.165) is 25.7 Å². The van der Waals surface area contributed by atoms with Crippen LogP contribution in [0.5, 0.6) is 0 Å². The van der Waals surface area contributed by atoms with E-state index in [1.54, 1.807) is 0 Å². The number of carbonyl (C=O) groups excluding carboxylic acids is 1. The average Bonchev–Trinajstić information content (AvgIpc) is 2.38. The molecule has 0 aliphatic rings. The third kappa shape index (κ3) is 15.9. The van der Waals surface area contributed by atoms with Crippen LogP contribution >= 0.6 is 34.8 Å². The van der Waals surface area contributed by atoms with Gasteiger partial charge in [0.1, 0.15) is 6.61 Å². The predicted octanol–water partition coefficient (Wildman–Crippen LogP) is 5.82. The first-order valence-electron chi connectivity index (χ1n) is 6.93. The van der Waals surface area contributed by atoms with Gasteiger partial charge in [-0.05, 0) is 19.3 Å². The maximum absolute atomic E-state index is 11.1. The normalized spacial score (nSPS) is 11.2. The minimum atomic E-state index is -1.59.